The van der Waals surface area contributed by atoms with E-state index >= 15 is 0 Å². The molecule has 4 heterocycles. The molecule has 0 N–H and O–H groups in total. The smallest absolute Gasteiger partial charge is 0.276 e. The Balaban J connectivity index is 1.31. The summed E-state index contributed by atoms with van der Waals surface area (Å²) in [6, 6.07) is 5.22. The number of amides is 1. The Bertz CT molecular complexity index is 1210. The Hall–Kier alpha value is -3.05. The predicted molar refractivity (Wildman–Crippen MR) is 110 cm³/mol. The van der Waals surface area contributed by atoms with Crippen LogP contribution in [-0.4, -0.2) is 69.6 Å². The van der Waals surface area contributed by atoms with Crippen molar-refractivity contribution in [2.24, 2.45) is 7.05 Å². The first-order chi connectivity index (χ1) is 14.9. The minimum atomic E-state index is -3.78. The van der Waals surface area contributed by atoms with Crippen molar-refractivity contribution in [1.82, 2.24) is 29.1 Å². The molecule has 0 radical (unpaired) electrons. The van der Waals surface area contributed by atoms with Gasteiger partial charge in [0.1, 0.15) is 16.3 Å². The predicted octanol–water partition coefficient (Wildman–Crippen LogP) is 1.49. The van der Waals surface area contributed by atoms with Gasteiger partial charge in [-0.3, -0.25) is 14.5 Å². The number of carbonyl (C=O) groups excluding carboxylic acids is 1. The summed E-state index contributed by atoms with van der Waals surface area (Å²) in [6.07, 6.45) is 6.85. The highest BCUT2D eigenvalue weighted by atomic mass is 32.2. The lowest BCUT2D eigenvalue weighted by molar-refractivity contribution is 0.0687. The highest BCUT2D eigenvalue weighted by molar-refractivity contribution is 7.89. The Morgan fingerprint density at radius 3 is 2.65 bits per heavy atom. The number of pyridine rings is 1. The van der Waals surface area contributed by atoms with Crippen molar-refractivity contribution in [3.05, 3.63) is 48.2 Å². The SMILES string of the molecule is Cn1cc(S(=O)(=O)N2CCN(C(=O)c3cc(C4CC4)on3)CC2)c(-c2cccnc2)n1. The third kappa shape index (κ3) is 3.74. The molecule has 3 aromatic rings. The molecule has 2 fully saturated rings. The van der Waals surface area contributed by atoms with E-state index in [-0.39, 0.29) is 42.7 Å². The van der Waals surface area contributed by atoms with E-state index in [1.165, 1.54) is 15.2 Å². The first-order valence-corrected chi connectivity index (χ1v) is 11.6. The van der Waals surface area contributed by atoms with Crippen molar-refractivity contribution >= 4 is 15.9 Å². The second-order valence-corrected chi connectivity index (χ2v) is 9.75. The van der Waals surface area contributed by atoms with Gasteiger partial charge in [-0.15, -0.1) is 0 Å². The lowest BCUT2D eigenvalue weighted by Gasteiger charge is -2.33. The van der Waals surface area contributed by atoms with Gasteiger partial charge in [0.2, 0.25) is 10.0 Å². The van der Waals surface area contributed by atoms with Crippen LogP contribution in [-0.2, 0) is 17.1 Å². The lowest BCUT2D eigenvalue weighted by Crippen LogP contribution is -2.50. The summed E-state index contributed by atoms with van der Waals surface area (Å²) in [5.41, 5.74) is 1.28. The van der Waals surface area contributed by atoms with Gasteiger partial charge < -0.3 is 9.42 Å². The summed E-state index contributed by atoms with van der Waals surface area (Å²) in [6.45, 7) is 0.962. The van der Waals surface area contributed by atoms with Gasteiger partial charge in [0.25, 0.3) is 5.91 Å². The fraction of sp³-hybridized carbons (Fsp3) is 0.400. The van der Waals surface area contributed by atoms with Crippen LogP contribution >= 0.6 is 0 Å². The van der Waals surface area contributed by atoms with E-state index in [1.54, 1.807) is 42.5 Å². The average Bonchev–Trinajstić information content (AvgIpc) is 3.37. The molecule has 0 atom stereocenters. The monoisotopic (exact) mass is 442 g/mol. The van der Waals surface area contributed by atoms with Crippen LogP contribution in [0.4, 0.5) is 0 Å². The van der Waals surface area contributed by atoms with Crippen LogP contribution in [0.3, 0.4) is 0 Å². The van der Waals surface area contributed by atoms with Gasteiger partial charge in [-0.05, 0) is 25.0 Å². The molecule has 0 bridgehead atoms. The fourth-order valence-electron chi connectivity index (χ4n) is 3.74. The second-order valence-electron chi connectivity index (χ2n) is 7.84. The molecule has 1 aliphatic heterocycles. The summed E-state index contributed by atoms with van der Waals surface area (Å²) in [5.74, 6) is 0.902. The molecule has 0 unspecified atom stereocenters. The van der Waals surface area contributed by atoms with Crippen LogP contribution in [0.5, 0.6) is 0 Å². The normalized spacial score (nSPS) is 17.8. The zero-order valence-corrected chi connectivity index (χ0v) is 17.8. The number of hydrogen-bond donors (Lipinski definition) is 0. The van der Waals surface area contributed by atoms with Crippen molar-refractivity contribution in [2.45, 2.75) is 23.7 Å². The van der Waals surface area contributed by atoms with Crippen molar-refractivity contribution < 1.29 is 17.7 Å². The third-order valence-electron chi connectivity index (χ3n) is 5.60. The molecule has 5 rings (SSSR count). The Labute approximate surface area is 179 Å². The number of aromatic nitrogens is 4. The number of nitrogens with zero attached hydrogens (tertiary/aromatic N) is 6. The molecule has 162 valence electrons. The Morgan fingerprint density at radius 1 is 1.19 bits per heavy atom. The molecule has 1 aliphatic carbocycles. The molecular formula is C20H22N6O4S. The van der Waals surface area contributed by atoms with Crippen LogP contribution in [0.2, 0.25) is 0 Å². The van der Waals surface area contributed by atoms with Crippen molar-refractivity contribution in [1.29, 1.82) is 0 Å². The molecule has 1 amide bonds. The quantitative estimate of drug-likeness (QED) is 0.588. The average molecular weight is 443 g/mol. The number of aryl methyl sites for hydroxylation is 1. The second kappa shape index (κ2) is 7.57. The maximum Gasteiger partial charge on any atom is 0.276 e. The van der Waals surface area contributed by atoms with E-state index in [2.05, 4.69) is 15.2 Å². The van der Waals surface area contributed by atoms with Gasteiger partial charge in [0.05, 0.1) is 0 Å². The maximum atomic E-state index is 13.3. The third-order valence-corrected chi connectivity index (χ3v) is 7.50. The van der Waals surface area contributed by atoms with Crippen molar-refractivity contribution in [3.63, 3.8) is 0 Å². The molecular weight excluding hydrogens is 420 g/mol. The Kier molecular flexibility index (Phi) is 4.86. The number of rotatable bonds is 5. The molecule has 0 aromatic carbocycles. The lowest BCUT2D eigenvalue weighted by atomic mass is 10.2. The van der Waals surface area contributed by atoms with E-state index < -0.39 is 10.0 Å². The van der Waals surface area contributed by atoms with Crippen LogP contribution < -0.4 is 0 Å². The fourth-order valence-corrected chi connectivity index (χ4v) is 5.35. The summed E-state index contributed by atoms with van der Waals surface area (Å²) in [7, 11) is -2.10. The molecule has 2 aliphatic rings. The molecule has 31 heavy (non-hydrogen) atoms. The van der Waals surface area contributed by atoms with E-state index in [1.807, 2.05) is 0 Å². The number of hydrogen-bond acceptors (Lipinski definition) is 7. The molecule has 11 heteroatoms. The molecule has 10 nitrogen and oxygen atoms in total. The molecule has 3 aromatic heterocycles. The first kappa shape index (κ1) is 19.9. The van der Waals surface area contributed by atoms with Gasteiger partial charge in [-0.1, -0.05) is 5.16 Å². The zero-order valence-electron chi connectivity index (χ0n) is 17.0. The van der Waals surface area contributed by atoms with E-state index in [9.17, 15) is 13.2 Å². The standard InChI is InChI=1S/C20H22N6O4S/c1-24-13-18(19(22-24)15-3-2-6-21-12-15)31(28,29)26-9-7-25(8-10-26)20(27)16-11-17(30-23-16)14-4-5-14/h2-3,6,11-14H,4-5,7-10H2,1H3. The minimum Gasteiger partial charge on any atom is -0.360 e. The molecule has 1 saturated heterocycles. The highest BCUT2D eigenvalue weighted by Crippen LogP contribution is 2.40. The molecule has 1 saturated carbocycles. The van der Waals surface area contributed by atoms with Gasteiger partial charge in [0, 0.05) is 69.4 Å². The number of piperazine rings is 1. The maximum absolute atomic E-state index is 13.3. The van der Waals surface area contributed by atoms with Crippen LogP contribution in [0, 0.1) is 0 Å². The summed E-state index contributed by atoms with van der Waals surface area (Å²) >= 11 is 0. The van der Waals surface area contributed by atoms with Crippen molar-refractivity contribution in [2.75, 3.05) is 26.2 Å². The van der Waals surface area contributed by atoms with Crippen LogP contribution in [0.15, 0.2) is 46.2 Å². The highest BCUT2D eigenvalue weighted by Gasteiger charge is 2.35. The van der Waals surface area contributed by atoms with Gasteiger partial charge in [0.15, 0.2) is 5.69 Å². The van der Waals surface area contributed by atoms with E-state index in [0.29, 0.717) is 17.2 Å². The summed E-state index contributed by atoms with van der Waals surface area (Å²) < 4.78 is 34.8. The van der Waals surface area contributed by atoms with Crippen LogP contribution in [0.1, 0.15) is 35.0 Å². The van der Waals surface area contributed by atoms with Crippen molar-refractivity contribution in [3.8, 4) is 11.3 Å². The largest absolute Gasteiger partial charge is 0.360 e. The summed E-state index contributed by atoms with van der Waals surface area (Å²) in [5, 5.41) is 8.23. The minimum absolute atomic E-state index is 0.133. The molecule has 0 spiro atoms. The first-order valence-electron chi connectivity index (χ1n) is 10.1. The number of carbonyl (C=O) groups is 1. The van der Waals surface area contributed by atoms with Crippen LogP contribution in [0.25, 0.3) is 11.3 Å². The number of sulfonamides is 1. The van der Waals surface area contributed by atoms with E-state index in [0.717, 1.165) is 18.6 Å². The van der Waals surface area contributed by atoms with Gasteiger partial charge >= 0.3 is 0 Å². The van der Waals surface area contributed by atoms with Gasteiger partial charge in [-0.2, -0.15) is 9.40 Å². The topological polar surface area (TPSA) is 114 Å². The Morgan fingerprint density at radius 2 is 1.97 bits per heavy atom. The zero-order chi connectivity index (χ0) is 21.6. The van der Waals surface area contributed by atoms with Gasteiger partial charge in [-0.25, -0.2) is 8.42 Å². The summed E-state index contributed by atoms with van der Waals surface area (Å²) in [4.78, 5) is 18.6. The van der Waals surface area contributed by atoms with E-state index in [4.69, 9.17) is 4.52 Å².